The Bertz CT molecular complexity index is 258. The summed E-state index contributed by atoms with van der Waals surface area (Å²) in [7, 11) is 0. The molecule has 0 radical (unpaired) electrons. The molecule has 0 aromatic heterocycles. The van der Waals surface area contributed by atoms with E-state index >= 15 is 0 Å². The molecule has 0 fully saturated rings. The average Bonchev–Trinajstić information content (AvgIpc) is 2.08. The smallest absolute Gasteiger partial charge is 0.129 e. The van der Waals surface area contributed by atoms with Crippen LogP contribution in [0, 0.1) is 11.6 Å². The first-order valence-electron chi connectivity index (χ1n) is 3.38. The second kappa shape index (κ2) is 3.60. The molecule has 1 rings (SSSR count). The molecule has 0 saturated heterocycles. The third-order valence-corrected chi connectivity index (χ3v) is 1.63. The maximum atomic E-state index is 12.8. The molecule has 0 atom stereocenters. The van der Waals surface area contributed by atoms with Gasteiger partial charge in [0.25, 0.3) is 0 Å². The molecule has 0 spiro atoms. The molecule has 0 saturated carbocycles. The molecule has 0 amide bonds. The lowest BCUT2D eigenvalue weighted by molar-refractivity contribution is 0.250. The highest BCUT2D eigenvalue weighted by atomic mass is 19.1. The fourth-order valence-corrected chi connectivity index (χ4v) is 0.978. The minimum atomic E-state index is -0.706. The lowest BCUT2D eigenvalue weighted by atomic mass is 10.1. The quantitative estimate of drug-likeness (QED) is 0.700. The normalized spacial score (nSPS) is 10.3. The Balaban J connectivity index is 3.28. The molecule has 4 heteroatoms. The van der Waals surface area contributed by atoms with Crippen LogP contribution in [0.3, 0.4) is 0 Å². The van der Waals surface area contributed by atoms with Crippen molar-refractivity contribution in [3.8, 4) is 0 Å². The topological polar surface area (TPSA) is 40.5 Å². The lowest BCUT2D eigenvalue weighted by Gasteiger charge is -2.06. The van der Waals surface area contributed by atoms with Gasteiger partial charge in [0.1, 0.15) is 11.6 Å². The largest absolute Gasteiger partial charge is 0.392 e. The summed E-state index contributed by atoms with van der Waals surface area (Å²) >= 11 is 0. The second-order valence-corrected chi connectivity index (χ2v) is 2.30. The fourth-order valence-electron chi connectivity index (χ4n) is 0.978. The molecule has 0 aliphatic heterocycles. The van der Waals surface area contributed by atoms with Gasteiger partial charge >= 0.3 is 0 Å². The van der Waals surface area contributed by atoms with E-state index in [1.807, 2.05) is 0 Å². The Morgan fingerprint density at radius 1 is 0.917 bits per heavy atom. The van der Waals surface area contributed by atoms with Gasteiger partial charge in [-0.05, 0) is 12.1 Å². The van der Waals surface area contributed by atoms with Crippen molar-refractivity contribution in [3.05, 3.63) is 34.9 Å². The van der Waals surface area contributed by atoms with E-state index in [9.17, 15) is 8.78 Å². The molecule has 1 aromatic carbocycles. The SMILES string of the molecule is OCc1c(F)ccc(F)c1CO. The summed E-state index contributed by atoms with van der Waals surface area (Å²) in [5, 5.41) is 17.3. The predicted octanol–water partition coefficient (Wildman–Crippen LogP) is 0.949. The number of hydrogen-bond acceptors (Lipinski definition) is 2. The molecule has 2 N–H and O–H groups in total. The third kappa shape index (κ3) is 1.44. The zero-order valence-corrected chi connectivity index (χ0v) is 6.22. The van der Waals surface area contributed by atoms with E-state index in [0.717, 1.165) is 12.1 Å². The van der Waals surface area contributed by atoms with E-state index in [2.05, 4.69) is 0 Å². The zero-order chi connectivity index (χ0) is 9.14. The van der Waals surface area contributed by atoms with Crippen LogP contribution in [-0.2, 0) is 13.2 Å². The minimum absolute atomic E-state index is 0.183. The third-order valence-electron chi connectivity index (χ3n) is 1.63. The van der Waals surface area contributed by atoms with Gasteiger partial charge in [-0.1, -0.05) is 0 Å². The minimum Gasteiger partial charge on any atom is -0.392 e. The number of aliphatic hydroxyl groups excluding tert-OH is 2. The summed E-state index contributed by atoms with van der Waals surface area (Å²) in [6.45, 7) is -1.22. The van der Waals surface area contributed by atoms with Gasteiger partial charge in [-0.15, -0.1) is 0 Å². The Hall–Kier alpha value is -1.00. The summed E-state index contributed by atoms with van der Waals surface area (Å²) in [6.07, 6.45) is 0. The van der Waals surface area contributed by atoms with Gasteiger partial charge in [0.15, 0.2) is 0 Å². The summed E-state index contributed by atoms with van der Waals surface area (Å²) in [6, 6.07) is 1.83. The molecule has 1 aromatic rings. The van der Waals surface area contributed by atoms with Crippen LogP contribution in [-0.4, -0.2) is 10.2 Å². The highest BCUT2D eigenvalue weighted by molar-refractivity contribution is 5.28. The van der Waals surface area contributed by atoms with Gasteiger partial charge in [0.05, 0.1) is 13.2 Å². The van der Waals surface area contributed by atoms with Gasteiger partial charge in [-0.3, -0.25) is 0 Å². The molecule has 0 bridgehead atoms. The Labute approximate surface area is 68.1 Å². The monoisotopic (exact) mass is 174 g/mol. The van der Waals surface area contributed by atoms with Crippen molar-refractivity contribution in [2.75, 3.05) is 0 Å². The molecule has 0 aliphatic rings. The van der Waals surface area contributed by atoms with Gasteiger partial charge in [-0.2, -0.15) is 0 Å². The fraction of sp³-hybridized carbons (Fsp3) is 0.250. The average molecular weight is 174 g/mol. The zero-order valence-electron chi connectivity index (χ0n) is 6.22. The van der Waals surface area contributed by atoms with Crippen molar-refractivity contribution in [2.24, 2.45) is 0 Å². The first kappa shape index (κ1) is 9.09. The van der Waals surface area contributed by atoms with Crippen LogP contribution >= 0.6 is 0 Å². The lowest BCUT2D eigenvalue weighted by Crippen LogP contribution is -2.01. The number of benzene rings is 1. The van der Waals surface area contributed by atoms with E-state index < -0.39 is 24.8 Å². The van der Waals surface area contributed by atoms with Crippen LogP contribution in [0.4, 0.5) is 8.78 Å². The molecule has 12 heavy (non-hydrogen) atoms. The van der Waals surface area contributed by atoms with E-state index in [1.54, 1.807) is 0 Å². The first-order chi connectivity index (χ1) is 5.70. The highest BCUT2D eigenvalue weighted by Crippen LogP contribution is 2.17. The van der Waals surface area contributed by atoms with Crippen LogP contribution in [0.15, 0.2) is 12.1 Å². The molecule has 66 valence electrons. The van der Waals surface area contributed by atoms with Crippen LogP contribution in [0.1, 0.15) is 11.1 Å². The van der Waals surface area contributed by atoms with Gasteiger partial charge in [0, 0.05) is 11.1 Å². The molecule has 0 unspecified atom stereocenters. The molecular weight excluding hydrogens is 166 g/mol. The Morgan fingerprint density at radius 3 is 1.50 bits per heavy atom. The van der Waals surface area contributed by atoms with Gasteiger partial charge < -0.3 is 10.2 Å². The first-order valence-corrected chi connectivity index (χ1v) is 3.38. The Kier molecular flexibility index (Phi) is 2.73. The van der Waals surface area contributed by atoms with E-state index in [4.69, 9.17) is 10.2 Å². The standard InChI is InChI=1S/C8H8F2O2/c9-7-1-2-8(10)6(4-12)5(7)3-11/h1-2,11-12H,3-4H2. The van der Waals surface area contributed by atoms with Crippen LogP contribution in [0.25, 0.3) is 0 Å². The number of rotatable bonds is 2. The number of halogens is 2. The van der Waals surface area contributed by atoms with Crippen molar-refractivity contribution in [1.82, 2.24) is 0 Å². The van der Waals surface area contributed by atoms with E-state index in [1.165, 1.54) is 0 Å². The van der Waals surface area contributed by atoms with Gasteiger partial charge in [0.2, 0.25) is 0 Å². The summed E-state index contributed by atoms with van der Waals surface area (Å²) in [5.74, 6) is -1.41. The van der Waals surface area contributed by atoms with Crippen molar-refractivity contribution >= 4 is 0 Å². The molecule has 0 heterocycles. The summed E-state index contributed by atoms with van der Waals surface area (Å²) < 4.78 is 25.6. The molecule has 2 nitrogen and oxygen atoms in total. The van der Waals surface area contributed by atoms with Crippen molar-refractivity contribution in [3.63, 3.8) is 0 Å². The van der Waals surface area contributed by atoms with Crippen LogP contribution in [0.2, 0.25) is 0 Å². The maximum absolute atomic E-state index is 12.8. The van der Waals surface area contributed by atoms with Crippen molar-refractivity contribution in [2.45, 2.75) is 13.2 Å². The maximum Gasteiger partial charge on any atom is 0.129 e. The van der Waals surface area contributed by atoms with E-state index in [0.29, 0.717) is 0 Å². The van der Waals surface area contributed by atoms with Gasteiger partial charge in [-0.25, -0.2) is 8.78 Å². The predicted molar refractivity (Wildman–Crippen MR) is 38.2 cm³/mol. The molecular formula is C8H8F2O2. The Morgan fingerprint density at radius 2 is 1.25 bits per heavy atom. The molecule has 0 aliphatic carbocycles. The van der Waals surface area contributed by atoms with Crippen molar-refractivity contribution in [1.29, 1.82) is 0 Å². The number of hydrogen-bond donors (Lipinski definition) is 2. The van der Waals surface area contributed by atoms with Crippen molar-refractivity contribution < 1.29 is 19.0 Å². The van der Waals surface area contributed by atoms with Crippen LogP contribution in [0.5, 0.6) is 0 Å². The highest BCUT2D eigenvalue weighted by Gasteiger charge is 2.11. The van der Waals surface area contributed by atoms with Crippen LogP contribution < -0.4 is 0 Å². The van der Waals surface area contributed by atoms with E-state index in [-0.39, 0.29) is 11.1 Å². The second-order valence-electron chi connectivity index (χ2n) is 2.30. The summed E-state index contributed by atoms with van der Waals surface area (Å²) in [4.78, 5) is 0. The number of aliphatic hydroxyl groups is 2. The summed E-state index contributed by atoms with van der Waals surface area (Å²) in [5.41, 5.74) is -0.366.